The van der Waals surface area contributed by atoms with Gasteiger partial charge in [0, 0.05) is 43.9 Å². The first-order chi connectivity index (χ1) is 9.11. The van der Waals surface area contributed by atoms with E-state index < -0.39 is 4.92 Å². The fourth-order valence-corrected chi connectivity index (χ4v) is 2.18. The van der Waals surface area contributed by atoms with Crippen LogP contribution in [0.3, 0.4) is 0 Å². The molecule has 0 atom stereocenters. The molecule has 1 aliphatic rings. The third-order valence-corrected chi connectivity index (χ3v) is 3.43. The molecule has 0 unspecified atom stereocenters. The third-order valence-electron chi connectivity index (χ3n) is 3.43. The smallest absolute Gasteiger partial charge is 0.269 e. The summed E-state index contributed by atoms with van der Waals surface area (Å²) < 4.78 is 0. The first-order valence-corrected chi connectivity index (χ1v) is 6.38. The van der Waals surface area contributed by atoms with E-state index >= 15 is 0 Å². The van der Waals surface area contributed by atoms with E-state index in [-0.39, 0.29) is 11.6 Å². The van der Waals surface area contributed by atoms with Crippen LogP contribution in [-0.2, 0) is 0 Å². The van der Waals surface area contributed by atoms with Gasteiger partial charge in [0.15, 0.2) is 0 Å². The van der Waals surface area contributed by atoms with Gasteiger partial charge in [-0.1, -0.05) is 6.92 Å². The molecule has 1 aliphatic heterocycles. The molecule has 0 saturated carbocycles. The number of nitro groups is 1. The maximum absolute atomic E-state index is 12.2. The second-order valence-corrected chi connectivity index (χ2v) is 4.53. The highest BCUT2D eigenvalue weighted by Crippen LogP contribution is 2.14. The van der Waals surface area contributed by atoms with Crippen molar-refractivity contribution in [3.05, 3.63) is 39.9 Å². The number of rotatable bonds is 3. The molecule has 1 aromatic rings. The lowest BCUT2D eigenvalue weighted by molar-refractivity contribution is -0.384. The van der Waals surface area contributed by atoms with Crippen molar-refractivity contribution in [2.24, 2.45) is 0 Å². The Balaban J connectivity index is 2.02. The number of nitro benzene ring substituents is 1. The van der Waals surface area contributed by atoms with Gasteiger partial charge >= 0.3 is 0 Å². The molecule has 0 aromatic heterocycles. The van der Waals surface area contributed by atoms with E-state index in [1.54, 1.807) is 4.90 Å². The van der Waals surface area contributed by atoms with Crippen LogP contribution in [0.4, 0.5) is 5.69 Å². The zero-order chi connectivity index (χ0) is 13.8. The zero-order valence-electron chi connectivity index (χ0n) is 10.9. The van der Waals surface area contributed by atoms with Crippen molar-refractivity contribution in [2.45, 2.75) is 6.92 Å². The van der Waals surface area contributed by atoms with E-state index in [2.05, 4.69) is 11.8 Å². The summed E-state index contributed by atoms with van der Waals surface area (Å²) in [6, 6.07) is 5.78. The van der Waals surface area contributed by atoms with Crippen LogP contribution >= 0.6 is 0 Å². The van der Waals surface area contributed by atoms with Crippen molar-refractivity contribution in [3.63, 3.8) is 0 Å². The lowest BCUT2D eigenvalue weighted by Gasteiger charge is -2.34. The Hall–Kier alpha value is -1.95. The molecule has 102 valence electrons. The Kier molecular flexibility index (Phi) is 4.11. The van der Waals surface area contributed by atoms with Gasteiger partial charge in [-0.05, 0) is 18.7 Å². The number of non-ortho nitro benzene ring substituents is 1. The topological polar surface area (TPSA) is 66.7 Å². The maximum Gasteiger partial charge on any atom is 0.269 e. The molecule has 19 heavy (non-hydrogen) atoms. The summed E-state index contributed by atoms with van der Waals surface area (Å²) in [7, 11) is 0. The molecule has 2 rings (SSSR count). The highest BCUT2D eigenvalue weighted by atomic mass is 16.6. The number of carbonyl (C=O) groups excluding carboxylic acids is 1. The average molecular weight is 263 g/mol. The molecule has 1 saturated heterocycles. The number of amides is 1. The zero-order valence-corrected chi connectivity index (χ0v) is 10.9. The van der Waals surface area contributed by atoms with Crippen LogP contribution < -0.4 is 0 Å². The second kappa shape index (κ2) is 5.79. The van der Waals surface area contributed by atoms with Gasteiger partial charge < -0.3 is 9.80 Å². The minimum absolute atomic E-state index is 0.00681. The standard InChI is InChI=1S/C13H17N3O3/c1-2-14-7-9-15(10-8-14)13(17)11-3-5-12(6-4-11)16(18)19/h3-6H,2,7-10H2,1H3. The van der Waals surface area contributed by atoms with Gasteiger partial charge in [-0.25, -0.2) is 0 Å². The monoisotopic (exact) mass is 263 g/mol. The molecule has 1 aromatic carbocycles. The Morgan fingerprint density at radius 2 is 1.79 bits per heavy atom. The molecule has 1 heterocycles. The van der Waals surface area contributed by atoms with Crippen LogP contribution in [0.5, 0.6) is 0 Å². The van der Waals surface area contributed by atoms with Crippen molar-refractivity contribution in [3.8, 4) is 0 Å². The molecule has 0 radical (unpaired) electrons. The van der Waals surface area contributed by atoms with Gasteiger partial charge in [0.1, 0.15) is 0 Å². The number of carbonyl (C=O) groups is 1. The highest BCUT2D eigenvalue weighted by molar-refractivity contribution is 5.94. The Labute approximate surface area is 111 Å². The minimum Gasteiger partial charge on any atom is -0.336 e. The predicted octanol–water partition coefficient (Wildman–Crippen LogP) is 1.37. The van der Waals surface area contributed by atoms with E-state index in [1.807, 2.05) is 0 Å². The van der Waals surface area contributed by atoms with Crippen LogP contribution in [0.25, 0.3) is 0 Å². The molecule has 6 nitrogen and oxygen atoms in total. The van der Waals surface area contributed by atoms with E-state index in [4.69, 9.17) is 0 Å². The normalized spacial score (nSPS) is 16.4. The van der Waals surface area contributed by atoms with Crippen LogP contribution in [0.2, 0.25) is 0 Å². The van der Waals surface area contributed by atoms with Crippen molar-refractivity contribution >= 4 is 11.6 Å². The average Bonchev–Trinajstić information content (AvgIpc) is 2.46. The minimum atomic E-state index is -0.464. The fourth-order valence-electron chi connectivity index (χ4n) is 2.18. The molecular weight excluding hydrogens is 246 g/mol. The number of hydrogen-bond donors (Lipinski definition) is 0. The van der Waals surface area contributed by atoms with E-state index in [9.17, 15) is 14.9 Å². The molecule has 0 spiro atoms. The van der Waals surface area contributed by atoms with Crippen molar-refractivity contribution < 1.29 is 9.72 Å². The molecule has 0 bridgehead atoms. The molecule has 1 amide bonds. The Bertz CT molecular complexity index is 465. The first-order valence-electron chi connectivity index (χ1n) is 6.38. The van der Waals surface area contributed by atoms with Gasteiger partial charge in [-0.2, -0.15) is 0 Å². The molecule has 6 heteroatoms. The molecule has 1 fully saturated rings. The van der Waals surface area contributed by atoms with Crippen molar-refractivity contribution in [1.29, 1.82) is 0 Å². The van der Waals surface area contributed by atoms with Crippen LogP contribution in [0.1, 0.15) is 17.3 Å². The largest absolute Gasteiger partial charge is 0.336 e. The Morgan fingerprint density at radius 3 is 2.26 bits per heavy atom. The first kappa shape index (κ1) is 13.5. The highest BCUT2D eigenvalue weighted by Gasteiger charge is 2.21. The quantitative estimate of drug-likeness (QED) is 0.610. The Morgan fingerprint density at radius 1 is 1.21 bits per heavy atom. The van der Waals surface area contributed by atoms with Gasteiger partial charge in [-0.15, -0.1) is 0 Å². The van der Waals surface area contributed by atoms with Crippen molar-refractivity contribution in [2.75, 3.05) is 32.7 Å². The third kappa shape index (κ3) is 3.08. The van der Waals surface area contributed by atoms with Gasteiger partial charge in [0.2, 0.25) is 0 Å². The van der Waals surface area contributed by atoms with E-state index in [0.29, 0.717) is 18.7 Å². The SMILES string of the molecule is CCN1CCN(C(=O)c2ccc([N+](=O)[O-])cc2)CC1. The molecular formula is C13H17N3O3. The van der Waals surface area contributed by atoms with Crippen LogP contribution in [0.15, 0.2) is 24.3 Å². The summed E-state index contributed by atoms with van der Waals surface area (Å²) in [5, 5.41) is 10.6. The number of hydrogen-bond acceptors (Lipinski definition) is 4. The number of benzene rings is 1. The van der Waals surface area contributed by atoms with Crippen LogP contribution in [0, 0.1) is 10.1 Å². The van der Waals surface area contributed by atoms with E-state index in [1.165, 1.54) is 24.3 Å². The number of nitrogens with zero attached hydrogens (tertiary/aromatic N) is 3. The fraction of sp³-hybridized carbons (Fsp3) is 0.462. The lowest BCUT2D eigenvalue weighted by atomic mass is 10.1. The number of likely N-dealkylation sites (N-methyl/N-ethyl adjacent to an activating group) is 1. The van der Waals surface area contributed by atoms with Crippen molar-refractivity contribution in [1.82, 2.24) is 9.80 Å². The molecule has 0 N–H and O–H groups in total. The van der Waals surface area contributed by atoms with E-state index in [0.717, 1.165) is 19.6 Å². The molecule has 0 aliphatic carbocycles. The van der Waals surface area contributed by atoms with Gasteiger partial charge in [0.05, 0.1) is 4.92 Å². The summed E-state index contributed by atoms with van der Waals surface area (Å²) in [6.45, 7) is 6.30. The number of piperazine rings is 1. The lowest BCUT2D eigenvalue weighted by Crippen LogP contribution is -2.48. The summed E-state index contributed by atoms with van der Waals surface area (Å²) in [5.41, 5.74) is 0.517. The summed E-state index contributed by atoms with van der Waals surface area (Å²) >= 11 is 0. The summed E-state index contributed by atoms with van der Waals surface area (Å²) in [5.74, 6) is -0.0503. The summed E-state index contributed by atoms with van der Waals surface area (Å²) in [4.78, 5) is 26.4. The second-order valence-electron chi connectivity index (χ2n) is 4.53. The van der Waals surface area contributed by atoms with Gasteiger partial charge in [0.25, 0.3) is 11.6 Å². The summed E-state index contributed by atoms with van der Waals surface area (Å²) in [6.07, 6.45) is 0. The van der Waals surface area contributed by atoms with Gasteiger partial charge in [-0.3, -0.25) is 14.9 Å². The maximum atomic E-state index is 12.2. The van der Waals surface area contributed by atoms with Crippen LogP contribution in [-0.4, -0.2) is 53.4 Å². The predicted molar refractivity (Wildman–Crippen MR) is 71.1 cm³/mol.